The Labute approximate surface area is 158 Å². The molecule has 2 N–H and O–H groups in total. The molecule has 0 radical (unpaired) electrons. The van der Waals surface area contributed by atoms with Gasteiger partial charge in [0.2, 0.25) is 0 Å². The van der Waals surface area contributed by atoms with Crippen LogP contribution in [0.3, 0.4) is 0 Å². The lowest BCUT2D eigenvalue weighted by atomic mass is 10.1. The molecule has 3 aromatic rings. The number of carbonyl (C=O) groups excluding carboxylic acids is 2. The van der Waals surface area contributed by atoms with Gasteiger partial charge in [-0.2, -0.15) is 0 Å². The number of para-hydroxylation sites is 1. The van der Waals surface area contributed by atoms with Crippen molar-refractivity contribution >= 4 is 22.8 Å². The Morgan fingerprint density at radius 2 is 1.81 bits per heavy atom. The summed E-state index contributed by atoms with van der Waals surface area (Å²) in [5.74, 6) is -0.645. The molecule has 27 heavy (non-hydrogen) atoms. The first-order valence-corrected chi connectivity index (χ1v) is 9.18. The molecular formula is C22H24N2O3. The van der Waals surface area contributed by atoms with E-state index in [2.05, 4.69) is 16.4 Å². The van der Waals surface area contributed by atoms with Gasteiger partial charge in [-0.25, -0.2) is 0 Å². The highest BCUT2D eigenvalue weighted by Gasteiger charge is 2.12. The molecule has 1 heterocycles. The van der Waals surface area contributed by atoms with Crippen LogP contribution >= 0.6 is 0 Å². The average Bonchev–Trinajstić information content (AvgIpc) is 3.10. The number of hydrogen-bond donors (Lipinski definition) is 2. The summed E-state index contributed by atoms with van der Waals surface area (Å²) >= 11 is 0. The van der Waals surface area contributed by atoms with Gasteiger partial charge >= 0.3 is 5.97 Å². The number of esters is 1. The summed E-state index contributed by atoms with van der Waals surface area (Å²) in [4.78, 5) is 27.1. The van der Waals surface area contributed by atoms with E-state index in [4.69, 9.17) is 4.74 Å². The molecule has 0 fully saturated rings. The molecular weight excluding hydrogens is 340 g/mol. The largest absolute Gasteiger partial charge is 0.456 e. The van der Waals surface area contributed by atoms with Gasteiger partial charge in [-0.1, -0.05) is 48.5 Å². The lowest BCUT2D eigenvalue weighted by molar-refractivity contribution is -0.148. The first kappa shape index (κ1) is 18.7. The number of nitrogens with one attached hydrogen (secondary N) is 2. The van der Waals surface area contributed by atoms with E-state index in [0.29, 0.717) is 12.8 Å². The molecule has 0 aliphatic carbocycles. The van der Waals surface area contributed by atoms with Crippen molar-refractivity contribution in [2.75, 3.05) is 6.61 Å². The molecule has 0 aliphatic heterocycles. The van der Waals surface area contributed by atoms with Crippen molar-refractivity contribution in [3.8, 4) is 0 Å². The number of rotatable bonds is 8. The van der Waals surface area contributed by atoms with E-state index in [-0.39, 0.29) is 24.5 Å². The fourth-order valence-electron chi connectivity index (χ4n) is 3.09. The third kappa shape index (κ3) is 5.20. The average molecular weight is 364 g/mol. The second-order valence-electron chi connectivity index (χ2n) is 6.57. The maximum Gasteiger partial charge on any atom is 0.306 e. The van der Waals surface area contributed by atoms with Crippen LogP contribution in [0.1, 0.15) is 36.9 Å². The van der Waals surface area contributed by atoms with Gasteiger partial charge in [-0.15, -0.1) is 0 Å². The molecule has 1 atom stereocenters. The van der Waals surface area contributed by atoms with Gasteiger partial charge in [0.05, 0.1) is 6.04 Å². The number of aromatic amines is 1. The minimum Gasteiger partial charge on any atom is -0.456 e. The summed E-state index contributed by atoms with van der Waals surface area (Å²) in [6, 6.07) is 17.6. The Morgan fingerprint density at radius 1 is 1.07 bits per heavy atom. The smallest absolute Gasteiger partial charge is 0.306 e. The van der Waals surface area contributed by atoms with Crippen LogP contribution < -0.4 is 5.32 Å². The minimum absolute atomic E-state index is 0.126. The number of ether oxygens (including phenoxy) is 1. The van der Waals surface area contributed by atoms with Crippen molar-refractivity contribution in [1.82, 2.24) is 10.3 Å². The van der Waals surface area contributed by atoms with Crippen LogP contribution in [0.5, 0.6) is 0 Å². The van der Waals surface area contributed by atoms with Crippen LogP contribution in [-0.4, -0.2) is 23.5 Å². The van der Waals surface area contributed by atoms with E-state index in [1.165, 1.54) is 10.9 Å². The van der Waals surface area contributed by atoms with Gasteiger partial charge in [-0.05, 0) is 37.0 Å². The van der Waals surface area contributed by atoms with Gasteiger partial charge in [0, 0.05) is 23.5 Å². The number of fused-ring (bicyclic) bond motifs is 1. The Hall–Kier alpha value is -3.08. The molecule has 1 aromatic heterocycles. The summed E-state index contributed by atoms with van der Waals surface area (Å²) in [6.07, 6.45) is 3.74. The van der Waals surface area contributed by atoms with Crippen molar-refractivity contribution in [1.29, 1.82) is 0 Å². The summed E-state index contributed by atoms with van der Waals surface area (Å²) in [6.45, 7) is 1.65. The number of hydrogen-bond acceptors (Lipinski definition) is 3. The molecule has 0 saturated heterocycles. The monoisotopic (exact) mass is 364 g/mol. The maximum absolute atomic E-state index is 11.9. The van der Waals surface area contributed by atoms with Crippen LogP contribution in [-0.2, 0) is 20.7 Å². The van der Waals surface area contributed by atoms with E-state index in [1.54, 1.807) is 0 Å². The summed E-state index contributed by atoms with van der Waals surface area (Å²) < 4.78 is 5.09. The van der Waals surface area contributed by atoms with Crippen molar-refractivity contribution in [2.45, 2.75) is 32.2 Å². The van der Waals surface area contributed by atoms with E-state index >= 15 is 0 Å². The highest BCUT2D eigenvalue weighted by atomic mass is 16.5. The fourth-order valence-corrected chi connectivity index (χ4v) is 3.09. The molecule has 0 bridgehead atoms. The van der Waals surface area contributed by atoms with Gasteiger partial charge in [0.25, 0.3) is 5.91 Å². The Kier molecular flexibility index (Phi) is 6.26. The lowest BCUT2D eigenvalue weighted by Gasteiger charge is -2.14. The van der Waals surface area contributed by atoms with Crippen molar-refractivity contribution in [2.24, 2.45) is 0 Å². The second-order valence-corrected chi connectivity index (χ2v) is 6.57. The molecule has 0 saturated carbocycles. The van der Waals surface area contributed by atoms with Gasteiger partial charge in [-0.3, -0.25) is 9.59 Å². The quantitative estimate of drug-likeness (QED) is 0.595. The first-order chi connectivity index (χ1) is 13.1. The Balaban J connectivity index is 1.37. The van der Waals surface area contributed by atoms with E-state index in [9.17, 15) is 9.59 Å². The highest BCUT2D eigenvalue weighted by Crippen LogP contribution is 2.19. The minimum atomic E-state index is -0.350. The van der Waals surface area contributed by atoms with Crippen LogP contribution in [0.2, 0.25) is 0 Å². The predicted octanol–water partition coefficient (Wildman–Crippen LogP) is 3.91. The Bertz CT molecular complexity index is 902. The molecule has 0 aliphatic rings. The van der Waals surface area contributed by atoms with Crippen LogP contribution in [0, 0.1) is 0 Å². The van der Waals surface area contributed by atoms with E-state index in [0.717, 1.165) is 17.5 Å². The SMILES string of the molecule is CC(NC(=O)COC(=O)CCCc1c[nH]c2ccccc12)c1ccccc1. The molecule has 3 rings (SSSR count). The normalized spacial score (nSPS) is 11.9. The molecule has 1 amide bonds. The van der Waals surface area contributed by atoms with E-state index < -0.39 is 0 Å². The van der Waals surface area contributed by atoms with Gasteiger partial charge < -0.3 is 15.0 Å². The number of carbonyl (C=O) groups is 2. The van der Waals surface area contributed by atoms with Crippen molar-refractivity contribution in [3.05, 3.63) is 71.9 Å². The predicted molar refractivity (Wildman–Crippen MR) is 105 cm³/mol. The topological polar surface area (TPSA) is 71.2 Å². The number of aromatic nitrogens is 1. The Morgan fingerprint density at radius 3 is 2.63 bits per heavy atom. The number of aryl methyl sites for hydroxylation is 1. The third-order valence-corrected chi connectivity index (χ3v) is 4.54. The van der Waals surface area contributed by atoms with Gasteiger partial charge in [0.1, 0.15) is 0 Å². The highest BCUT2D eigenvalue weighted by molar-refractivity contribution is 5.83. The van der Waals surface area contributed by atoms with Gasteiger partial charge in [0.15, 0.2) is 6.61 Å². The summed E-state index contributed by atoms with van der Waals surface area (Å²) in [5, 5.41) is 4.01. The van der Waals surface area contributed by atoms with Crippen LogP contribution in [0.4, 0.5) is 0 Å². The maximum atomic E-state index is 11.9. The van der Waals surface area contributed by atoms with E-state index in [1.807, 2.05) is 61.7 Å². The second kappa shape index (κ2) is 9.03. The van der Waals surface area contributed by atoms with Crippen molar-refractivity contribution < 1.29 is 14.3 Å². The van der Waals surface area contributed by atoms with Crippen LogP contribution in [0.25, 0.3) is 10.9 Å². The molecule has 5 nitrogen and oxygen atoms in total. The molecule has 5 heteroatoms. The van der Waals surface area contributed by atoms with Crippen LogP contribution in [0.15, 0.2) is 60.8 Å². The standard InChI is InChI=1S/C22H24N2O3/c1-16(17-8-3-2-4-9-17)24-21(25)15-27-22(26)13-7-10-18-14-23-20-12-6-5-11-19(18)20/h2-6,8-9,11-12,14,16,23H,7,10,13,15H2,1H3,(H,24,25). The lowest BCUT2D eigenvalue weighted by Crippen LogP contribution is -2.31. The first-order valence-electron chi connectivity index (χ1n) is 9.18. The molecule has 1 unspecified atom stereocenters. The molecule has 0 spiro atoms. The molecule has 2 aromatic carbocycles. The zero-order chi connectivity index (χ0) is 19.1. The van der Waals surface area contributed by atoms with Crippen molar-refractivity contribution in [3.63, 3.8) is 0 Å². The summed E-state index contributed by atoms with van der Waals surface area (Å²) in [7, 11) is 0. The zero-order valence-corrected chi connectivity index (χ0v) is 15.4. The fraction of sp³-hybridized carbons (Fsp3) is 0.273. The zero-order valence-electron chi connectivity index (χ0n) is 15.4. The summed E-state index contributed by atoms with van der Waals surface area (Å²) in [5.41, 5.74) is 3.29. The number of amides is 1. The molecule has 140 valence electrons. The number of benzene rings is 2. The third-order valence-electron chi connectivity index (χ3n) is 4.54. The number of H-pyrrole nitrogens is 1.